The van der Waals surface area contributed by atoms with Crippen molar-refractivity contribution < 1.29 is 23.0 Å². The van der Waals surface area contributed by atoms with Crippen LogP contribution in [0.15, 0.2) is 128 Å². The van der Waals surface area contributed by atoms with Gasteiger partial charge >= 0.3 is 12.0 Å². The lowest BCUT2D eigenvalue weighted by Gasteiger charge is -2.25. The minimum atomic E-state index is -0.322. The van der Waals surface area contributed by atoms with E-state index in [1.165, 1.54) is 29.8 Å². The molecule has 13 nitrogen and oxygen atoms in total. The Bertz CT molecular complexity index is 2930. The van der Waals surface area contributed by atoms with Gasteiger partial charge in [0.05, 0.1) is 35.4 Å². The number of halogens is 2. The molecule has 0 bridgehead atoms. The Morgan fingerprint density at radius 2 is 1.10 bits per heavy atom. The summed E-state index contributed by atoms with van der Waals surface area (Å²) in [7, 11) is 0. The molecule has 2 aliphatic heterocycles. The molecule has 6 heterocycles. The van der Waals surface area contributed by atoms with Gasteiger partial charge in [0, 0.05) is 30.0 Å². The van der Waals surface area contributed by atoms with E-state index in [1.54, 1.807) is 43.0 Å². The van der Waals surface area contributed by atoms with Crippen molar-refractivity contribution in [2.24, 2.45) is 0 Å². The number of aromatic nitrogens is 8. The van der Waals surface area contributed by atoms with Crippen LogP contribution in [0, 0.1) is 25.5 Å². The van der Waals surface area contributed by atoms with Crippen LogP contribution < -0.4 is 24.8 Å². The van der Waals surface area contributed by atoms with Gasteiger partial charge < -0.3 is 34.0 Å². The molecule has 348 valence electrons. The highest BCUT2D eigenvalue weighted by molar-refractivity contribution is 5.77. The smallest absolute Gasteiger partial charge is 0.322 e. The summed E-state index contributed by atoms with van der Waals surface area (Å²) in [6, 6.07) is 31.0. The van der Waals surface area contributed by atoms with Crippen molar-refractivity contribution in [2.75, 3.05) is 26.2 Å². The molecule has 8 aromatic rings. The van der Waals surface area contributed by atoms with Crippen LogP contribution in [0.1, 0.15) is 74.2 Å². The minimum absolute atomic E-state index is 0.246. The molecule has 0 aliphatic carbocycles. The van der Waals surface area contributed by atoms with E-state index in [2.05, 4.69) is 66.8 Å². The monoisotopic (exact) mass is 916 g/mol. The zero-order chi connectivity index (χ0) is 47.0. The lowest BCUT2D eigenvalue weighted by Crippen LogP contribution is -2.29. The Morgan fingerprint density at radius 3 is 1.71 bits per heavy atom. The van der Waals surface area contributed by atoms with Crippen LogP contribution >= 0.6 is 0 Å². The number of benzene rings is 4. The first kappa shape index (κ1) is 45.8. The summed E-state index contributed by atoms with van der Waals surface area (Å²) in [6.45, 7) is 12.1. The van der Waals surface area contributed by atoms with Gasteiger partial charge in [-0.05, 0) is 162 Å². The van der Waals surface area contributed by atoms with Crippen molar-refractivity contribution in [1.82, 2.24) is 49.7 Å². The number of piperidine rings is 2. The number of nitrogens with one attached hydrogen (secondary N) is 2. The molecule has 0 saturated carbocycles. The third-order valence-corrected chi connectivity index (χ3v) is 12.1. The molecule has 2 aliphatic rings. The molecule has 0 radical (unpaired) electrons. The topological polar surface area (TPSA) is 139 Å². The van der Waals surface area contributed by atoms with E-state index in [0.717, 1.165) is 91.3 Å². The zero-order valence-electron chi connectivity index (χ0n) is 38.6. The first-order chi connectivity index (χ1) is 33.1. The molecule has 2 N–H and O–H groups in total. The number of hydrogen-bond acceptors (Lipinski definition) is 11. The van der Waals surface area contributed by atoms with Crippen LogP contribution in [0.5, 0.6) is 35.1 Å². The summed E-state index contributed by atoms with van der Waals surface area (Å²) in [4.78, 5) is 27.4. The summed E-state index contributed by atoms with van der Waals surface area (Å²) in [5.74, 6) is 2.15. The average Bonchev–Trinajstić information content (AvgIpc) is 4.00. The van der Waals surface area contributed by atoms with Crippen LogP contribution in [-0.2, 0) is 0 Å². The van der Waals surface area contributed by atoms with Gasteiger partial charge in [0.2, 0.25) is 5.88 Å². The van der Waals surface area contributed by atoms with Crippen molar-refractivity contribution in [1.29, 1.82) is 0 Å². The van der Waals surface area contributed by atoms with Crippen LogP contribution in [-0.4, -0.2) is 65.2 Å². The Kier molecular flexibility index (Phi) is 14.2. The average molecular weight is 917 g/mol. The van der Waals surface area contributed by atoms with E-state index in [9.17, 15) is 8.78 Å². The normalized spacial score (nSPS) is 14.3. The Labute approximate surface area is 394 Å². The van der Waals surface area contributed by atoms with Gasteiger partial charge in [-0.1, -0.05) is 43.7 Å². The zero-order valence-corrected chi connectivity index (χ0v) is 38.6. The number of imidazole rings is 2. The van der Waals surface area contributed by atoms with Crippen molar-refractivity contribution in [3.05, 3.63) is 157 Å². The molecule has 2 fully saturated rings. The van der Waals surface area contributed by atoms with E-state index in [0.29, 0.717) is 40.8 Å². The summed E-state index contributed by atoms with van der Waals surface area (Å²) >= 11 is 0. The summed E-state index contributed by atoms with van der Waals surface area (Å²) in [6.07, 6.45) is 11.0. The predicted octanol–water partition coefficient (Wildman–Crippen LogP) is 11.6. The maximum Gasteiger partial charge on any atom is 0.322 e. The van der Waals surface area contributed by atoms with Gasteiger partial charge in [-0.3, -0.25) is 0 Å². The molecular formula is C53H54F2N10O3. The van der Waals surface area contributed by atoms with E-state index in [-0.39, 0.29) is 29.7 Å². The molecule has 0 spiro atoms. The number of hydrogen-bond donors (Lipinski definition) is 2. The second-order valence-electron chi connectivity index (χ2n) is 17.3. The highest BCUT2D eigenvalue weighted by Crippen LogP contribution is 2.38. The molecule has 0 atom stereocenters. The highest BCUT2D eigenvalue weighted by Gasteiger charge is 2.26. The van der Waals surface area contributed by atoms with Crippen LogP contribution in [0.2, 0.25) is 0 Å². The van der Waals surface area contributed by atoms with Crippen molar-refractivity contribution in [2.45, 2.75) is 71.4 Å². The fraction of sp³-hybridized carbons (Fsp3) is 0.283. The second-order valence-corrected chi connectivity index (χ2v) is 17.3. The lowest BCUT2D eigenvalue weighted by atomic mass is 10.0. The maximum atomic E-state index is 13.6. The van der Waals surface area contributed by atoms with Gasteiger partial charge in [-0.15, -0.1) is 0 Å². The molecule has 2 saturated heterocycles. The molecule has 0 unspecified atom stereocenters. The number of nitrogens with zero attached hydrogens (tertiary/aromatic N) is 8. The Hall–Kier alpha value is -7.36. The summed E-state index contributed by atoms with van der Waals surface area (Å²) < 4.78 is 49.3. The highest BCUT2D eigenvalue weighted by atomic mass is 19.1. The van der Waals surface area contributed by atoms with Crippen molar-refractivity contribution in [3.63, 3.8) is 0 Å². The Morgan fingerprint density at radius 1 is 0.574 bits per heavy atom. The van der Waals surface area contributed by atoms with Gasteiger partial charge in [-0.25, -0.2) is 28.7 Å². The van der Waals surface area contributed by atoms with Gasteiger partial charge in [0.15, 0.2) is 0 Å². The fourth-order valence-corrected chi connectivity index (χ4v) is 8.51. The SMILES string of the molecule is CC(C)c1ccc(Oc2nccc(-c3c(-c4ccc(F)cc4)ncn3C3CCNCC3)n2)cc1.Cc1ccc(Oc2nccc(-c3c(Oc4ccc(F)cc4)ncn3C3CCNCC3)n2)c(C)c1. The predicted molar refractivity (Wildman–Crippen MR) is 257 cm³/mol. The van der Waals surface area contributed by atoms with Crippen LogP contribution in [0.4, 0.5) is 8.78 Å². The van der Waals surface area contributed by atoms with Gasteiger partial charge in [-0.2, -0.15) is 9.97 Å². The largest absolute Gasteiger partial charge is 0.437 e. The van der Waals surface area contributed by atoms with Crippen molar-refractivity contribution in [3.8, 4) is 69.2 Å². The third kappa shape index (κ3) is 10.9. The number of rotatable bonds is 12. The second kappa shape index (κ2) is 21.1. The Balaban J connectivity index is 0.000000170. The molecule has 68 heavy (non-hydrogen) atoms. The van der Waals surface area contributed by atoms with Crippen LogP contribution in [0.3, 0.4) is 0 Å². The fourth-order valence-electron chi connectivity index (χ4n) is 8.51. The van der Waals surface area contributed by atoms with E-state index in [1.807, 2.05) is 56.6 Å². The van der Waals surface area contributed by atoms with Crippen LogP contribution in [0.25, 0.3) is 34.0 Å². The van der Waals surface area contributed by atoms with Gasteiger partial charge in [0.1, 0.15) is 34.6 Å². The summed E-state index contributed by atoms with van der Waals surface area (Å²) in [5.41, 5.74) is 8.02. The van der Waals surface area contributed by atoms with E-state index < -0.39 is 0 Å². The quantitative estimate of drug-likeness (QED) is 0.121. The standard InChI is InChI=1S/C27H28FN5O.C26H26FN5O2/c1-18(2)19-5-9-23(10-6-19)34-27-30-16-13-24(32-27)26-25(20-3-7-21(28)8-4-20)31-17-33(26)22-11-14-29-15-12-22;1-17-3-8-23(18(2)15-17)34-26-29-14-11-22(31-26)24-25(33-21-6-4-19(27)5-7-21)30-16-32(24)20-9-12-28-13-10-20/h3-10,13,16-18,22,29H,11-12,14-15H2,1-2H3;3-8,11,14-16,20,28H,9-10,12-13H2,1-2H3. The van der Waals surface area contributed by atoms with E-state index >= 15 is 0 Å². The molecule has 15 heteroatoms. The maximum absolute atomic E-state index is 13.6. The third-order valence-electron chi connectivity index (χ3n) is 12.1. The molecule has 0 amide bonds. The number of aryl methyl sites for hydroxylation is 2. The van der Waals surface area contributed by atoms with Crippen molar-refractivity contribution >= 4 is 0 Å². The molecule has 4 aromatic carbocycles. The van der Waals surface area contributed by atoms with E-state index in [4.69, 9.17) is 29.2 Å². The summed E-state index contributed by atoms with van der Waals surface area (Å²) in [5, 5.41) is 6.81. The lowest BCUT2D eigenvalue weighted by molar-refractivity contribution is 0.368. The first-order valence-electron chi connectivity index (χ1n) is 23.1. The number of ether oxygens (including phenoxy) is 3. The molecular weight excluding hydrogens is 863 g/mol. The first-order valence-corrected chi connectivity index (χ1v) is 23.1. The van der Waals surface area contributed by atoms with Gasteiger partial charge in [0.25, 0.3) is 0 Å². The molecule has 4 aromatic heterocycles. The minimum Gasteiger partial charge on any atom is -0.437 e. The molecule has 10 rings (SSSR count).